The Kier molecular flexibility index (Phi) is 5.99. The van der Waals surface area contributed by atoms with Crippen molar-refractivity contribution in [2.45, 2.75) is 13.8 Å². The van der Waals surface area contributed by atoms with E-state index in [0.717, 1.165) is 12.1 Å². The molecule has 128 valence electrons. The number of halogens is 3. The smallest absolute Gasteiger partial charge is 0.135 e. The van der Waals surface area contributed by atoms with Gasteiger partial charge >= 0.3 is 0 Å². The fourth-order valence-electron chi connectivity index (χ4n) is 2.33. The zero-order chi connectivity index (χ0) is 18.6. The van der Waals surface area contributed by atoms with Crippen molar-refractivity contribution in [3.8, 4) is 0 Å². The second-order valence-electron chi connectivity index (χ2n) is 5.29. The minimum atomic E-state index is -0.802. The maximum atomic E-state index is 14.1. The van der Waals surface area contributed by atoms with Gasteiger partial charge in [0.1, 0.15) is 11.6 Å². The van der Waals surface area contributed by atoms with Crippen molar-refractivity contribution in [3.05, 3.63) is 88.5 Å². The molecule has 25 heavy (non-hydrogen) atoms. The van der Waals surface area contributed by atoms with Gasteiger partial charge in [0.15, 0.2) is 0 Å². The molecule has 0 bridgehead atoms. The average Bonchev–Trinajstić information content (AvgIpc) is 2.59. The molecule has 0 spiro atoms. The van der Waals surface area contributed by atoms with E-state index in [2.05, 4.69) is 11.6 Å². The normalized spacial score (nSPS) is 12.2. The Morgan fingerprint density at radius 1 is 1.16 bits per heavy atom. The lowest BCUT2D eigenvalue weighted by Gasteiger charge is -2.13. The minimum Gasteiger partial charge on any atom is -0.299 e. The van der Waals surface area contributed by atoms with Gasteiger partial charge in [-0.1, -0.05) is 36.4 Å². The summed E-state index contributed by atoms with van der Waals surface area (Å²) >= 11 is 6.05. The van der Waals surface area contributed by atoms with Crippen LogP contribution in [0.15, 0.2) is 60.1 Å². The summed E-state index contributed by atoms with van der Waals surface area (Å²) < 4.78 is 28.2. The first-order valence-corrected chi connectivity index (χ1v) is 7.94. The van der Waals surface area contributed by atoms with E-state index in [1.165, 1.54) is 12.1 Å². The van der Waals surface area contributed by atoms with Gasteiger partial charge < -0.3 is 0 Å². The predicted molar refractivity (Wildman–Crippen MR) is 101 cm³/mol. The van der Waals surface area contributed by atoms with Crippen molar-refractivity contribution in [2.24, 2.45) is 4.99 Å². The van der Waals surface area contributed by atoms with Crippen molar-refractivity contribution >= 4 is 28.7 Å². The molecule has 0 unspecified atom stereocenters. The molecule has 0 atom stereocenters. The molecule has 0 aromatic heterocycles. The molecule has 0 saturated heterocycles. The van der Waals surface area contributed by atoms with Crippen LogP contribution in [0.2, 0.25) is 5.02 Å². The molecule has 2 rings (SSSR count). The Bertz CT molecular complexity index is 878. The molecule has 0 heterocycles. The van der Waals surface area contributed by atoms with E-state index in [0.29, 0.717) is 27.6 Å². The van der Waals surface area contributed by atoms with Gasteiger partial charge in [0, 0.05) is 21.9 Å². The van der Waals surface area contributed by atoms with Crippen LogP contribution in [-0.2, 0) is 0 Å². The molecule has 0 aliphatic heterocycles. The third-order valence-corrected chi connectivity index (χ3v) is 3.84. The number of hydrogen-bond acceptors (Lipinski definition) is 2. The van der Waals surface area contributed by atoms with Crippen LogP contribution in [0.25, 0.3) is 5.70 Å². The van der Waals surface area contributed by atoms with Crippen molar-refractivity contribution in [1.82, 2.24) is 0 Å². The summed E-state index contributed by atoms with van der Waals surface area (Å²) in [5, 5.41) is 8.71. The topological polar surface area (TPSA) is 36.2 Å². The molecule has 0 fully saturated rings. The number of nitrogens with zero attached hydrogens (tertiary/aromatic N) is 1. The first kappa shape index (κ1) is 18.7. The standard InChI is InChI=1S/C20H17ClF2N2/c1-4-12(3)25-18(5-2)14-10-9-13(21)11-15(14)20(24)19-16(22)7-6-8-17(19)23/h4-11,24H,1H2,2-3H3/b18-5+,24-20?,25-12?. The van der Waals surface area contributed by atoms with E-state index in [9.17, 15) is 8.78 Å². The highest BCUT2D eigenvalue weighted by Gasteiger charge is 2.19. The van der Waals surface area contributed by atoms with Crippen LogP contribution in [0, 0.1) is 17.0 Å². The monoisotopic (exact) mass is 358 g/mol. The van der Waals surface area contributed by atoms with Crippen LogP contribution >= 0.6 is 11.6 Å². The number of nitrogens with one attached hydrogen (secondary N) is 1. The molecule has 2 nitrogen and oxygen atoms in total. The number of hydrogen-bond donors (Lipinski definition) is 1. The highest BCUT2D eigenvalue weighted by molar-refractivity contribution is 6.31. The Morgan fingerprint density at radius 3 is 2.36 bits per heavy atom. The molecule has 0 aliphatic rings. The number of rotatable bonds is 5. The zero-order valence-electron chi connectivity index (χ0n) is 13.9. The van der Waals surface area contributed by atoms with Gasteiger partial charge in [0.25, 0.3) is 0 Å². The third kappa shape index (κ3) is 4.09. The lowest BCUT2D eigenvalue weighted by molar-refractivity contribution is 0.579. The molecule has 0 aliphatic carbocycles. The summed E-state index contributed by atoms with van der Waals surface area (Å²) in [7, 11) is 0. The van der Waals surface area contributed by atoms with Gasteiger partial charge in [-0.3, -0.25) is 10.4 Å². The van der Waals surface area contributed by atoms with Crippen LogP contribution in [0.4, 0.5) is 8.78 Å². The molecule has 1 N–H and O–H groups in total. The highest BCUT2D eigenvalue weighted by Crippen LogP contribution is 2.28. The van der Waals surface area contributed by atoms with Gasteiger partial charge in [0.2, 0.25) is 0 Å². The Labute approximate surface area is 150 Å². The summed E-state index contributed by atoms with van der Waals surface area (Å²) in [5.74, 6) is -1.60. The van der Waals surface area contributed by atoms with E-state index in [-0.39, 0.29) is 5.71 Å². The maximum Gasteiger partial charge on any atom is 0.135 e. The molecular weight excluding hydrogens is 342 g/mol. The SMILES string of the molecule is C=CC(C)=N/C(=C/C)c1ccc(Cl)cc1C(=N)c1c(F)cccc1F. The fraction of sp³-hybridized carbons (Fsp3) is 0.100. The molecule has 2 aromatic carbocycles. The van der Waals surface area contributed by atoms with Gasteiger partial charge in [-0.05, 0) is 44.2 Å². The molecule has 0 saturated carbocycles. The minimum absolute atomic E-state index is 0.293. The fourth-order valence-corrected chi connectivity index (χ4v) is 2.51. The lowest BCUT2D eigenvalue weighted by Crippen LogP contribution is -2.10. The number of allylic oxidation sites excluding steroid dienone is 2. The summed E-state index contributed by atoms with van der Waals surface area (Å²) in [6.45, 7) is 7.24. The van der Waals surface area contributed by atoms with Crippen LogP contribution in [0.5, 0.6) is 0 Å². The van der Waals surface area contributed by atoms with Crippen molar-refractivity contribution in [1.29, 1.82) is 5.41 Å². The molecule has 2 aromatic rings. The van der Waals surface area contributed by atoms with Gasteiger partial charge in [0.05, 0.1) is 17.0 Å². The van der Waals surface area contributed by atoms with E-state index in [1.807, 2.05) is 0 Å². The molecular formula is C20H17ClF2N2. The van der Waals surface area contributed by atoms with E-state index in [4.69, 9.17) is 17.0 Å². The maximum absolute atomic E-state index is 14.1. The summed E-state index contributed by atoms with van der Waals surface area (Å²) in [4.78, 5) is 4.43. The zero-order valence-corrected chi connectivity index (χ0v) is 14.7. The largest absolute Gasteiger partial charge is 0.299 e. The average molecular weight is 359 g/mol. The molecule has 5 heteroatoms. The highest BCUT2D eigenvalue weighted by atomic mass is 35.5. The quantitative estimate of drug-likeness (QED) is 0.632. The van der Waals surface area contributed by atoms with Crippen molar-refractivity contribution in [3.63, 3.8) is 0 Å². The van der Waals surface area contributed by atoms with Crippen molar-refractivity contribution < 1.29 is 8.78 Å². The first-order valence-electron chi connectivity index (χ1n) is 7.56. The predicted octanol–water partition coefficient (Wildman–Crippen LogP) is 6.04. The number of aliphatic imine (C=N–C) groups is 1. The van der Waals surface area contributed by atoms with E-state index >= 15 is 0 Å². The van der Waals surface area contributed by atoms with Gasteiger partial charge in [-0.25, -0.2) is 8.78 Å². The van der Waals surface area contributed by atoms with E-state index < -0.39 is 17.2 Å². The summed E-state index contributed by atoms with van der Waals surface area (Å²) in [6.07, 6.45) is 3.35. The summed E-state index contributed by atoms with van der Waals surface area (Å²) in [6, 6.07) is 8.33. The second-order valence-corrected chi connectivity index (χ2v) is 5.73. The van der Waals surface area contributed by atoms with Crippen LogP contribution in [0.3, 0.4) is 0 Å². The van der Waals surface area contributed by atoms with Crippen LogP contribution in [0.1, 0.15) is 30.5 Å². The summed E-state index contributed by atoms with van der Waals surface area (Å²) in [5.41, 5.74) is 1.40. The van der Waals surface area contributed by atoms with Gasteiger partial charge in [-0.15, -0.1) is 0 Å². The second kappa shape index (κ2) is 7.99. The molecule has 0 amide bonds. The van der Waals surface area contributed by atoms with Crippen molar-refractivity contribution in [2.75, 3.05) is 0 Å². The number of benzene rings is 2. The van der Waals surface area contributed by atoms with Crippen LogP contribution < -0.4 is 0 Å². The lowest BCUT2D eigenvalue weighted by atomic mass is 9.95. The third-order valence-electron chi connectivity index (χ3n) is 3.61. The Balaban J connectivity index is 2.68. The molecule has 0 radical (unpaired) electrons. The van der Waals surface area contributed by atoms with Gasteiger partial charge in [-0.2, -0.15) is 0 Å². The Hall–Kier alpha value is -2.59. The first-order chi connectivity index (χ1) is 11.9. The van der Waals surface area contributed by atoms with Crippen LogP contribution in [-0.4, -0.2) is 11.4 Å². The Morgan fingerprint density at radius 2 is 1.80 bits per heavy atom. The van der Waals surface area contributed by atoms with E-state index in [1.54, 1.807) is 38.1 Å².